The summed E-state index contributed by atoms with van der Waals surface area (Å²) in [6.45, 7) is 48.5. The van der Waals surface area contributed by atoms with E-state index in [0.717, 1.165) is 40.1 Å². The summed E-state index contributed by atoms with van der Waals surface area (Å²) >= 11 is -0.735. The van der Waals surface area contributed by atoms with Crippen molar-refractivity contribution in [3.8, 4) is 17.2 Å². The Labute approximate surface area is 664 Å². The van der Waals surface area contributed by atoms with Crippen LogP contribution in [0.1, 0.15) is 209 Å². The summed E-state index contributed by atoms with van der Waals surface area (Å²) in [5.41, 5.74) is 18.6. The van der Waals surface area contributed by atoms with E-state index >= 15 is 0 Å². The Morgan fingerprint density at radius 3 is 0.941 bits per heavy atom. The van der Waals surface area contributed by atoms with Gasteiger partial charge in [-0.3, -0.25) is 0 Å². The zero-order valence-corrected chi connectivity index (χ0v) is 76.0. The molecule has 0 unspecified atom stereocenters. The van der Waals surface area contributed by atoms with Gasteiger partial charge in [0.25, 0.3) is 3.57 Å². The van der Waals surface area contributed by atoms with E-state index in [-0.39, 0.29) is 122 Å². The van der Waals surface area contributed by atoms with Gasteiger partial charge in [0, 0.05) is 56.6 Å². The number of ether oxygens (including phenoxy) is 3. The summed E-state index contributed by atoms with van der Waals surface area (Å²) < 4.78 is 31.2. The molecule has 0 spiro atoms. The molecule has 0 aliphatic rings. The van der Waals surface area contributed by atoms with Gasteiger partial charge in [0.1, 0.15) is 5.75 Å². The molecule has 0 radical (unpaired) electrons. The van der Waals surface area contributed by atoms with Crippen molar-refractivity contribution in [2.24, 2.45) is 0 Å². The fourth-order valence-electron chi connectivity index (χ4n) is 11.2. The van der Waals surface area contributed by atoms with Crippen molar-refractivity contribution in [3.63, 3.8) is 0 Å². The Kier molecular flexibility index (Phi) is 34.8. The third-order valence-electron chi connectivity index (χ3n) is 17.0. The van der Waals surface area contributed by atoms with Gasteiger partial charge in [-0.2, -0.15) is 0 Å². The largest absolute Gasteiger partial charge is 0.496 e. The standard InChI is InChI=1S/C24H34I.C21H28I.C18H22I.C15H16IO3.C15H16I/c1-22(2,3)17-15-19(23(4,5)6)21(20(16-17)24(7,8)9)25-18-13-11-10-12-14-18;1-14(2)17-12-19(15(3)4)21(20(13-17)16(5)6)22-18-10-8-7-9-11-18;1-4-14-12-15(5-2)18(16(6-3)13-14)19-17-10-8-7-9-11-17;1-17-12-9-13(18-2)15(14(10-12)19-3)16-11-7-5-4-6-8-11;1-11-9-12(2)15(13(3)10-11)16-14-7-5-4-6-8-14/h10-16H,1-9H3;7-16H,1-6H3;7-13H,4-6H2,1-3H3;4-10H,1-3H3;4-10H,1-3H3/q5*+1. The van der Waals surface area contributed by atoms with E-state index in [1.807, 2.05) is 18.2 Å². The summed E-state index contributed by atoms with van der Waals surface area (Å²) in [4.78, 5) is 0. The van der Waals surface area contributed by atoms with E-state index in [0.29, 0.717) is 17.8 Å². The molecule has 10 aromatic carbocycles. The first-order chi connectivity index (χ1) is 47.9. The van der Waals surface area contributed by atoms with Crippen molar-refractivity contribution in [2.75, 3.05) is 21.3 Å². The lowest BCUT2D eigenvalue weighted by molar-refractivity contribution is -0.600. The molecule has 0 bridgehead atoms. The molecule has 0 fully saturated rings. The van der Waals surface area contributed by atoms with Crippen LogP contribution in [-0.4, -0.2) is 21.3 Å². The highest BCUT2D eigenvalue weighted by molar-refractivity contribution is 5.43. The van der Waals surface area contributed by atoms with Crippen molar-refractivity contribution >= 4 is 0 Å². The molecule has 0 aromatic heterocycles. The molecule has 0 amide bonds. The van der Waals surface area contributed by atoms with Gasteiger partial charge < -0.3 is 14.2 Å². The fourth-order valence-corrected chi connectivity index (χ4v) is 27.1. The minimum atomic E-state index is -0.351. The Balaban J connectivity index is 0.000000200. The van der Waals surface area contributed by atoms with Gasteiger partial charge in [-0.1, -0.05) is 270 Å². The number of rotatable bonds is 19. The average Bonchev–Trinajstić information content (AvgIpc) is 0.766. The molecule has 0 heterocycles. The van der Waals surface area contributed by atoms with E-state index in [4.69, 9.17) is 14.2 Å². The van der Waals surface area contributed by atoms with Gasteiger partial charge in [0.2, 0.25) is 10.7 Å². The van der Waals surface area contributed by atoms with Gasteiger partial charge in [-0.05, 0) is 151 Å². The van der Waals surface area contributed by atoms with E-state index < -0.39 is 0 Å². The summed E-state index contributed by atoms with van der Waals surface area (Å²) in [5.74, 6) is 4.18. The number of hydrogen-bond donors (Lipinski definition) is 0. The zero-order chi connectivity index (χ0) is 74.2. The molecule has 0 saturated heterocycles. The second-order valence-electron chi connectivity index (χ2n) is 29.4. The van der Waals surface area contributed by atoms with Crippen LogP contribution < -0.4 is 120 Å². The highest BCUT2D eigenvalue weighted by Crippen LogP contribution is 2.35. The fraction of sp³-hybridized carbons (Fsp3) is 0.355. The van der Waals surface area contributed by atoms with Crippen LogP contribution in [0.15, 0.2) is 212 Å². The molecule has 8 heteroatoms. The smallest absolute Gasteiger partial charge is 0.366 e. The van der Waals surface area contributed by atoms with Gasteiger partial charge in [0.05, 0.1) is 21.3 Å². The lowest BCUT2D eigenvalue weighted by Gasteiger charge is -2.29. The van der Waals surface area contributed by atoms with Crippen LogP contribution in [0, 0.1) is 56.5 Å². The van der Waals surface area contributed by atoms with Crippen molar-refractivity contribution in [3.05, 3.63) is 315 Å². The second kappa shape index (κ2) is 41.2. The predicted octanol–water partition coefficient (Wildman–Crippen LogP) is 8.98. The van der Waals surface area contributed by atoms with Crippen molar-refractivity contribution in [1.29, 1.82) is 0 Å². The second-order valence-corrected chi connectivity index (χ2v) is 43.7. The molecule has 3 nitrogen and oxygen atoms in total. The zero-order valence-electron chi connectivity index (χ0n) is 65.2. The molecular weight excluding hydrogens is 1800 g/mol. The first-order valence-electron chi connectivity index (χ1n) is 35.8. The monoisotopic (exact) mass is 1920 g/mol. The maximum atomic E-state index is 5.47. The van der Waals surface area contributed by atoms with Crippen LogP contribution >= 0.6 is 0 Å². The van der Waals surface area contributed by atoms with Gasteiger partial charge >= 0.3 is 106 Å². The third kappa shape index (κ3) is 26.4. The van der Waals surface area contributed by atoms with Crippen LogP contribution in [0.25, 0.3) is 0 Å². The third-order valence-corrected chi connectivity index (χ3v) is 33.0. The highest BCUT2D eigenvalue weighted by atomic mass is 127. The summed E-state index contributed by atoms with van der Waals surface area (Å²) in [6.07, 6.45) is 3.45. The molecule has 10 aromatic rings. The number of halogens is 5. The van der Waals surface area contributed by atoms with Crippen LogP contribution in [0.2, 0.25) is 0 Å². The van der Waals surface area contributed by atoms with Gasteiger partial charge in [-0.25, -0.2) is 0 Å². The van der Waals surface area contributed by atoms with Crippen LogP contribution in [0.4, 0.5) is 0 Å². The minimum absolute atomic E-state index is 0.0275. The van der Waals surface area contributed by atoms with Crippen molar-refractivity contribution in [2.45, 2.75) is 199 Å². The molecule has 0 N–H and O–H groups in total. The van der Waals surface area contributed by atoms with Crippen LogP contribution in [-0.2, 0) is 35.5 Å². The van der Waals surface area contributed by atoms with E-state index in [2.05, 4.69) is 340 Å². The van der Waals surface area contributed by atoms with E-state index in [9.17, 15) is 0 Å². The minimum Gasteiger partial charge on any atom is -0.496 e. The Morgan fingerprint density at radius 1 is 0.327 bits per heavy atom. The van der Waals surface area contributed by atoms with Crippen LogP contribution in [0.3, 0.4) is 0 Å². The summed E-state index contributed by atoms with van der Waals surface area (Å²) in [7, 11) is 4.99. The van der Waals surface area contributed by atoms with Gasteiger partial charge in [-0.15, -0.1) is 0 Å². The molecule has 10 rings (SSSR count). The molecular formula is C93H116I5O3+5. The van der Waals surface area contributed by atoms with Crippen molar-refractivity contribution in [1.82, 2.24) is 0 Å². The first kappa shape index (κ1) is 85.2. The van der Waals surface area contributed by atoms with Crippen molar-refractivity contribution < 1.29 is 120 Å². The Bertz CT molecular complexity index is 3900. The first-order valence-corrected chi connectivity index (χ1v) is 46.6. The summed E-state index contributed by atoms with van der Waals surface area (Å²) in [5, 5.41) is 0. The topological polar surface area (TPSA) is 27.7 Å². The quantitative estimate of drug-likeness (QED) is 0.0758. The van der Waals surface area contributed by atoms with Crippen LogP contribution in [0.5, 0.6) is 17.2 Å². The molecule has 0 saturated carbocycles. The van der Waals surface area contributed by atoms with E-state index in [1.165, 1.54) is 51.2 Å². The Hall–Kier alpha value is -4.75. The SMILES string of the molecule is CC(C)(C)c1cc(C(C)(C)C)c([I+]c2ccccc2)c(C(C)(C)C)c1.CC(C)c1cc(C(C)C)c([I+]c2ccccc2)c(C(C)C)c1.CCc1cc(CC)c([I+]c2ccccc2)c(CC)c1.COc1cc(OC)c([I+]c2ccccc2)c(OC)c1.Cc1cc(C)c([I+]c2ccccc2)c(C)c1. The highest BCUT2D eigenvalue weighted by Gasteiger charge is 2.37. The number of hydrogen-bond acceptors (Lipinski definition) is 3. The number of aryl methyl sites for hydroxylation is 6. The Morgan fingerprint density at radius 2 is 0.653 bits per heavy atom. The molecule has 101 heavy (non-hydrogen) atoms. The van der Waals surface area contributed by atoms with E-state index in [1.54, 1.807) is 69.0 Å². The predicted molar refractivity (Wildman–Crippen MR) is 412 cm³/mol. The lowest BCUT2D eigenvalue weighted by Crippen LogP contribution is -3.62. The molecule has 0 aliphatic heterocycles. The molecule has 536 valence electrons. The average molecular weight is 1920 g/mol. The number of methoxy groups -OCH3 is 3. The maximum absolute atomic E-state index is 5.47. The number of benzene rings is 10. The molecule has 0 atom stereocenters. The lowest BCUT2D eigenvalue weighted by atomic mass is 9.75. The normalized spacial score (nSPS) is 11.4. The maximum Gasteiger partial charge on any atom is 0.366 e. The van der Waals surface area contributed by atoms with Gasteiger partial charge in [0.15, 0.2) is 32.9 Å². The molecule has 0 aliphatic carbocycles. The summed E-state index contributed by atoms with van der Waals surface area (Å²) in [6, 6.07) is 77.5.